The number of benzene rings is 3. The fraction of sp³-hybridized carbons (Fsp3) is 0.273. The van der Waals surface area contributed by atoms with E-state index in [2.05, 4.69) is 0 Å². The smallest absolute Gasteiger partial charge is 0.241 e. The maximum absolute atomic E-state index is 14.4. The summed E-state index contributed by atoms with van der Waals surface area (Å²) in [5.41, 5.74) is 0.704. The van der Waals surface area contributed by atoms with Gasteiger partial charge in [0.2, 0.25) is 23.6 Å². The summed E-state index contributed by atoms with van der Waals surface area (Å²) in [5, 5.41) is 10.7. The zero-order valence-corrected chi connectivity index (χ0v) is 24.3. The van der Waals surface area contributed by atoms with E-state index in [1.165, 1.54) is 23.1 Å². The van der Waals surface area contributed by atoms with Gasteiger partial charge in [0.15, 0.2) is 0 Å². The first-order valence-corrected chi connectivity index (χ1v) is 14.7. The number of halogens is 3. The number of allylic oxidation sites excluding steroid dienone is 2. The van der Waals surface area contributed by atoms with Crippen LogP contribution in [0.2, 0.25) is 10.0 Å². The minimum atomic E-state index is -1.29. The molecule has 6 atom stereocenters. The molecule has 10 heteroatoms. The number of nitrogens with zero attached hydrogens (tertiary/aromatic N) is 2. The van der Waals surface area contributed by atoms with E-state index in [0.717, 1.165) is 16.5 Å². The second-order valence-corrected chi connectivity index (χ2v) is 12.7. The number of hydrogen-bond donors (Lipinski definition) is 1. The molecule has 2 heterocycles. The predicted molar refractivity (Wildman–Crippen MR) is 158 cm³/mol. The van der Waals surface area contributed by atoms with Crippen LogP contribution < -0.4 is 9.80 Å². The molecule has 7 rings (SSSR count). The predicted octanol–water partition coefficient (Wildman–Crippen LogP) is 6.27. The highest BCUT2D eigenvalue weighted by Crippen LogP contribution is 2.63. The van der Waals surface area contributed by atoms with Crippen LogP contribution in [0.3, 0.4) is 0 Å². The summed E-state index contributed by atoms with van der Waals surface area (Å²) in [6.07, 6.45) is 2.40. The van der Waals surface area contributed by atoms with Crippen molar-refractivity contribution in [2.45, 2.75) is 25.7 Å². The first-order valence-electron chi connectivity index (χ1n) is 14.0. The van der Waals surface area contributed by atoms with Crippen LogP contribution in [0.5, 0.6) is 5.75 Å². The van der Waals surface area contributed by atoms with Crippen LogP contribution in [0.25, 0.3) is 0 Å². The molecular formula is C33H25Cl2FN2O5. The molecule has 3 aromatic rings. The van der Waals surface area contributed by atoms with Gasteiger partial charge in [-0.1, -0.05) is 47.0 Å². The van der Waals surface area contributed by atoms with E-state index in [4.69, 9.17) is 23.2 Å². The number of phenolic OH excluding ortho intramolecular Hbond substituents is 1. The second-order valence-electron chi connectivity index (χ2n) is 11.8. The van der Waals surface area contributed by atoms with E-state index in [-0.39, 0.29) is 34.7 Å². The van der Waals surface area contributed by atoms with Crippen molar-refractivity contribution in [2.24, 2.45) is 29.1 Å². The molecule has 7 nitrogen and oxygen atoms in total. The van der Waals surface area contributed by atoms with Crippen LogP contribution in [0.4, 0.5) is 15.8 Å². The summed E-state index contributed by atoms with van der Waals surface area (Å²) < 4.78 is 14.0. The molecule has 4 amide bonds. The molecule has 3 aromatic carbocycles. The molecule has 2 aliphatic heterocycles. The third-order valence-corrected chi connectivity index (χ3v) is 10.3. The van der Waals surface area contributed by atoms with Gasteiger partial charge in [0, 0.05) is 10.9 Å². The van der Waals surface area contributed by atoms with Gasteiger partial charge in [-0.2, -0.15) is 0 Å². The Hall–Kier alpha value is -4.01. The number of anilines is 2. The number of carbonyl (C=O) groups is 4. The van der Waals surface area contributed by atoms with Crippen molar-refractivity contribution in [1.29, 1.82) is 0 Å². The molecule has 1 saturated carbocycles. The zero-order valence-electron chi connectivity index (χ0n) is 22.8. The standard InChI is InChI=1S/C33H25Cl2FN2O5/c1-33-24(30(41)38(32(33)43)19-9-12-26(36)25(35)14-19)15-23-21(28(33)16-3-2-4-20(39)13-16)10-11-22-27(23)31(42)37(29(22)40)18-7-5-17(34)6-8-18/h2-10,12-14,22-24,27-28,39H,11,15H2,1H3/t22-,23+,24-,27-,28-,33+/m0/s1. The lowest BCUT2D eigenvalue weighted by Gasteiger charge is -2.49. The van der Waals surface area contributed by atoms with E-state index in [0.29, 0.717) is 22.7 Å². The molecule has 0 radical (unpaired) electrons. The van der Waals surface area contributed by atoms with Gasteiger partial charge in [-0.25, -0.2) is 9.29 Å². The minimum absolute atomic E-state index is 0.00552. The van der Waals surface area contributed by atoms with E-state index in [9.17, 15) is 28.7 Å². The van der Waals surface area contributed by atoms with E-state index in [1.807, 2.05) is 6.08 Å². The fourth-order valence-electron chi connectivity index (χ4n) is 7.81. The molecule has 0 aromatic heterocycles. The SMILES string of the molecule is C[C@@]12C(=O)N(c3ccc(F)c(Cl)c3)C(=O)[C@@H]1C[C@@H]1C(=CC[C@@H]3C(=O)N(c4ccc(Cl)cc4)C(=O)[C@@H]31)[C@@H]2c1cccc(O)c1. The van der Waals surface area contributed by atoms with Gasteiger partial charge in [-0.15, -0.1) is 0 Å². The number of rotatable bonds is 3. The highest BCUT2D eigenvalue weighted by atomic mass is 35.5. The van der Waals surface area contributed by atoms with E-state index in [1.54, 1.807) is 49.4 Å². The highest BCUT2D eigenvalue weighted by molar-refractivity contribution is 6.32. The highest BCUT2D eigenvalue weighted by Gasteiger charge is 2.67. The van der Waals surface area contributed by atoms with Gasteiger partial charge in [0.05, 0.1) is 39.6 Å². The second kappa shape index (κ2) is 9.76. The summed E-state index contributed by atoms with van der Waals surface area (Å²) in [4.78, 5) is 58.5. The number of hydrogen-bond acceptors (Lipinski definition) is 5. The lowest BCUT2D eigenvalue weighted by Crippen LogP contribution is -2.48. The van der Waals surface area contributed by atoms with Gasteiger partial charge in [-0.05, 0) is 85.8 Å². The minimum Gasteiger partial charge on any atom is -0.508 e. The summed E-state index contributed by atoms with van der Waals surface area (Å²) in [5.74, 6) is -5.70. The molecular weight excluding hydrogens is 594 g/mol. The molecule has 4 aliphatic rings. The summed E-state index contributed by atoms with van der Waals surface area (Å²) in [6.45, 7) is 1.74. The maximum Gasteiger partial charge on any atom is 0.241 e. The monoisotopic (exact) mass is 618 g/mol. The van der Waals surface area contributed by atoms with Crippen molar-refractivity contribution >= 4 is 58.2 Å². The number of amides is 4. The number of imide groups is 2. The van der Waals surface area contributed by atoms with Gasteiger partial charge in [0.25, 0.3) is 0 Å². The molecule has 2 saturated heterocycles. The topological polar surface area (TPSA) is 95.0 Å². The Morgan fingerprint density at radius 1 is 0.860 bits per heavy atom. The average molecular weight is 619 g/mol. The van der Waals surface area contributed by atoms with Crippen LogP contribution in [-0.2, 0) is 19.2 Å². The normalized spacial score (nSPS) is 29.9. The molecule has 43 heavy (non-hydrogen) atoms. The first kappa shape index (κ1) is 27.8. The van der Waals surface area contributed by atoms with Crippen LogP contribution >= 0.6 is 23.2 Å². The quantitative estimate of drug-likeness (QED) is 0.276. The average Bonchev–Trinajstić information content (AvgIpc) is 3.34. The van der Waals surface area contributed by atoms with Crippen molar-refractivity contribution in [3.63, 3.8) is 0 Å². The Balaban J connectivity index is 1.36. The Morgan fingerprint density at radius 2 is 1.58 bits per heavy atom. The Kier molecular flexibility index (Phi) is 6.31. The van der Waals surface area contributed by atoms with Gasteiger partial charge in [0.1, 0.15) is 11.6 Å². The Labute approximate surface area is 256 Å². The van der Waals surface area contributed by atoms with Gasteiger partial charge < -0.3 is 5.11 Å². The summed E-state index contributed by atoms with van der Waals surface area (Å²) in [7, 11) is 0. The summed E-state index contributed by atoms with van der Waals surface area (Å²) in [6, 6.07) is 16.7. The van der Waals surface area contributed by atoms with E-state index < -0.39 is 52.6 Å². The molecule has 2 aliphatic carbocycles. The molecule has 1 N–H and O–H groups in total. The van der Waals surface area contributed by atoms with Crippen molar-refractivity contribution in [3.05, 3.63) is 99.8 Å². The maximum atomic E-state index is 14.4. The Morgan fingerprint density at radius 3 is 2.28 bits per heavy atom. The third kappa shape index (κ3) is 3.92. The van der Waals surface area contributed by atoms with Gasteiger partial charge in [-0.3, -0.25) is 24.1 Å². The number of aromatic hydroxyl groups is 1. The summed E-state index contributed by atoms with van der Waals surface area (Å²) >= 11 is 12.1. The fourth-order valence-corrected chi connectivity index (χ4v) is 8.12. The van der Waals surface area contributed by atoms with Crippen molar-refractivity contribution in [2.75, 3.05) is 9.80 Å². The number of fused-ring (bicyclic) bond motifs is 4. The Bertz CT molecular complexity index is 1780. The molecule has 0 unspecified atom stereocenters. The lowest BCUT2D eigenvalue weighted by molar-refractivity contribution is -0.131. The van der Waals surface area contributed by atoms with Gasteiger partial charge >= 0.3 is 0 Å². The zero-order chi connectivity index (χ0) is 30.4. The number of phenols is 1. The van der Waals surface area contributed by atoms with Crippen LogP contribution in [0.1, 0.15) is 31.2 Å². The molecule has 0 spiro atoms. The van der Waals surface area contributed by atoms with Crippen molar-refractivity contribution in [1.82, 2.24) is 0 Å². The van der Waals surface area contributed by atoms with Crippen LogP contribution in [-0.4, -0.2) is 28.7 Å². The van der Waals surface area contributed by atoms with Crippen LogP contribution in [0, 0.1) is 34.9 Å². The molecule has 0 bridgehead atoms. The number of carbonyl (C=O) groups excluding carboxylic acids is 4. The lowest BCUT2D eigenvalue weighted by atomic mass is 9.51. The van der Waals surface area contributed by atoms with Crippen LogP contribution in [0.15, 0.2) is 78.4 Å². The largest absolute Gasteiger partial charge is 0.508 e. The van der Waals surface area contributed by atoms with Crippen molar-refractivity contribution < 1.29 is 28.7 Å². The van der Waals surface area contributed by atoms with E-state index >= 15 is 0 Å². The van der Waals surface area contributed by atoms with Crippen molar-refractivity contribution in [3.8, 4) is 5.75 Å². The first-order chi connectivity index (χ1) is 20.5. The third-order valence-electron chi connectivity index (χ3n) is 9.72. The molecule has 3 fully saturated rings. The molecule has 218 valence electrons.